The molecule has 2 heterocycles. The predicted octanol–water partition coefficient (Wildman–Crippen LogP) is 2.41. The quantitative estimate of drug-likeness (QED) is 0.858. The van der Waals surface area contributed by atoms with Gasteiger partial charge in [-0.3, -0.25) is 0 Å². The van der Waals surface area contributed by atoms with Crippen LogP contribution in [0.4, 0.5) is 5.82 Å². The molecule has 2 aromatic rings. The SMILES string of the molecule is Cc1nc2c(c(N[C@@H]3CCOC[C@H]3Oc3ccc(CO)cc3)n1)CCC2. The number of aryl methyl sites for hydroxylation is 2. The Morgan fingerprint density at radius 2 is 2.08 bits per heavy atom. The summed E-state index contributed by atoms with van der Waals surface area (Å²) < 4.78 is 11.8. The summed E-state index contributed by atoms with van der Waals surface area (Å²) in [5, 5.41) is 12.8. The second-order valence-corrected chi connectivity index (χ2v) is 6.97. The van der Waals surface area contributed by atoms with Crippen LogP contribution in [0.25, 0.3) is 0 Å². The van der Waals surface area contributed by atoms with Crippen molar-refractivity contribution in [1.82, 2.24) is 9.97 Å². The van der Waals surface area contributed by atoms with Crippen LogP contribution in [0, 0.1) is 6.92 Å². The molecule has 2 aliphatic rings. The summed E-state index contributed by atoms with van der Waals surface area (Å²) in [6.07, 6.45) is 4.01. The highest BCUT2D eigenvalue weighted by Crippen LogP contribution is 2.28. The third-order valence-electron chi connectivity index (χ3n) is 5.06. The van der Waals surface area contributed by atoms with Crippen LogP contribution in [-0.2, 0) is 24.2 Å². The third-order valence-corrected chi connectivity index (χ3v) is 5.06. The first-order chi connectivity index (χ1) is 12.7. The fraction of sp³-hybridized carbons (Fsp3) is 0.500. The molecule has 0 unspecified atom stereocenters. The van der Waals surface area contributed by atoms with Gasteiger partial charge >= 0.3 is 0 Å². The summed E-state index contributed by atoms with van der Waals surface area (Å²) in [4.78, 5) is 9.24. The Balaban J connectivity index is 1.51. The van der Waals surface area contributed by atoms with Crippen LogP contribution in [0.15, 0.2) is 24.3 Å². The van der Waals surface area contributed by atoms with Crippen molar-refractivity contribution in [1.29, 1.82) is 0 Å². The first-order valence-corrected chi connectivity index (χ1v) is 9.30. The Morgan fingerprint density at radius 3 is 2.88 bits per heavy atom. The van der Waals surface area contributed by atoms with Crippen molar-refractivity contribution in [2.45, 2.75) is 51.4 Å². The second kappa shape index (κ2) is 7.60. The maximum absolute atomic E-state index is 9.17. The topological polar surface area (TPSA) is 76.5 Å². The molecule has 0 saturated carbocycles. The van der Waals surface area contributed by atoms with Crippen molar-refractivity contribution in [3.05, 3.63) is 46.9 Å². The Kier molecular flexibility index (Phi) is 5.04. The van der Waals surface area contributed by atoms with Gasteiger partial charge in [0.15, 0.2) is 0 Å². The first kappa shape index (κ1) is 17.2. The molecule has 1 fully saturated rings. The van der Waals surface area contributed by atoms with Gasteiger partial charge in [0.1, 0.15) is 23.5 Å². The predicted molar refractivity (Wildman–Crippen MR) is 98.4 cm³/mol. The molecule has 0 radical (unpaired) electrons. The average Bonchev–Trinajstić information content (AvgIpc) is 3.12. The van der Waals surface area contributed by atoms with Crippen LogP contribution in [0.2, 0.25) is 0 Å². The van der Waals surface area contributed by atoms with E-state index in [1.165, 1.54) is 11.3 Å². The van der Waals surface area contributed by atoms with Gasteiger partial charge in [0.2, 0.25) is 0 Å². The van der Waals surface area contributed by atoms with Gasteiger partial charge in [0.05, 0.1) is 19.3 Å². The highest BCUT2D eigenvalue weighted by Gasteiger charge is 2.29. The normalized spacial score (nSPS) is 22.1. The molecule has 26 heavy (non-hydrogen) atoms. The lowest BCUT2D eigenvalue weighted by molar-refractivity contribution is -0.000656. The Morgan fingerprint density at radius 1 is 1.23 bits per heavy atom. The third kappa shape index (κ3) is 3.66. The number of hydrogen-bond acceptors (Lipinski definition) is 6. The lowest BCUT2D eigenvalue weighted by Crippen LogP contribution is -2.46. The average molecular weight is 355 g/mol. The Bertz CT molecular complexity index is 764. The van der Waals surface area contributed by atoms with Crippen LogP contribution in [0.1, 0.15) is 35.5 Å². The monoisotopic (exact) mass is 355 g/mol. The molecular weight excluding hydrogens is 330 g/mol. The van der Waals surface area contributed by atoms with Gasteiger partial charge in [-0.25, -0.2) is 9.97 Å². The summed E-state index contributed by atoms with van der Waals surface area (Å²) in [6, 6.07) is 7.68. The molecule has 1 saturated heterocycles. The number of fused-ring (bicyclic) bond motifs is 1. The molecule has 0 amide bonds. The standard InChI is InChI=1S/C20H25N3O3/c1-13-21-17-4-2-3-16(17)20(22-13)23-18-9-10-25-12-19(18)26-15-7-5-14(11-24)6-8-15/h5-8,18-19,24H,2-4,9-12H2,1H3,(H,21,22,23)/t18-,19-/m1/s1. The first-order valence-electron chi connectivity index (χ1n) is 9.30. The molecule has 1 aliphatic carbocycles. The Labute approximate surface area is 153 Å². The zero-order chi connectivity index (χ0) is 17.9. The van der Waals surface area contributed by atoms with E-state index in [2.05, 4.69) is 15.3 Å². The van der Waals surface area contributed by atoms with E-state index in [-0.39, 0.29) is 18.8 Å². The Hall–Kier alpha value is -2.18. The smallest absolute Gasteiger partial charge is 0.142 e. The van der Waals surface area contributed by atoms with Gasteiger partial charge in [0, 0.05) is 17.9 Å². The highest BCUT2D eigenvalue weighted by molar-refractivity contribution is 5.49. The molecule has 0 spiro atoms. The minimum Gasteiger partial charge on any atom is -0.486 e. The molecule has 0 bridgehead atoms. The number of benzene rings is 1. The fourth-order valence-electron chi connectivity index (χ4n) is 3.69. The minimum absolute atomic E-state index is 0.0369. The van der Waals surface area contributed by atoms with Gasteiger partial charge in [-0.2, -0.15) is 0 Å². The summed E-state index contributed by atoms with van der Waals surface area (Å²) in [6.45, 7) is 3.25. The maximum atomic E-state index is 9.17. The molecule has 2 N–H and O–H groups in total. The number of hydrogen-bond donors (Lipinski definition) is 2. The van der Waals surface area contributed by atoms with Crippen molar-refractivity contribution in [2.24, 2.45) is 0 Å². The van der Waals surface area contributed by atoms with E-state index in [0.717, 1.165) is 48.6 Å². The summed E-state index contributed by atoms with van der Waals surface area (Å²) in [7, 11) is 0. The lowest BCUT2D eigenvalue weighted by atomic mass is 10.1. The van der Waals surface area contributed by atoms with E-state index in [1.54, 1.807) is 0 Å². The molecule has 1 aromatic heterocycles. The number of ether oxygens (including phenoxy) is 2. The van der Waals surface area contributed by atoms with E-state index >= 15 is 0 Å². The second-order valence-electron chi connectivity index (χ2n) is 6.97. The zero-order valence-corrected chi connectivity index (χ0v) is 15.1. The van der Waals surface area contributed by atoms with Crippen molar-refractivity contribution in [3.63, 3.8) is 0 Å². The van der Waals surface area contributed by atoms with Crippen LogP contribution in [0.5, 0.6) is 5.75 Å². The number of anilines is 1. The zero-order valence-electron chi connectivity index (χ0n) is 15.1. The number of aromatic nitrogens is 2. The number of rotatable bonds is 5. The lowest BCUT2D eigenvalue weighted by Gasteiger charge is -2.33. The molecule has 2 atom stereocenters. The molecule has 1 aliphatic heterocycles. The number of aliphatic hydroxyl groups excluding tert-OH is 1. The van der Waals surface area contributed by atoms with E-state index in [0.29, 0.717) is 13.2 Å². The van der Waals surface area contributed by atoms with Gasteiger partial charge in [-0.05, 0) is 50.3 Å². The number of nitrogens with zero attached hydrogens (tertiary/aromatic N) is 2. The van der Waals surface area contributed by atoms with Gasteiger partial charge in [-0.15, -0.1) is 0 Å². The van der Waals surface area contributed by atoms with E-state index in [9.17, 15) is 5.11 Å². The van der Waals surface area contributed by atoms with E-state index in [4.69, 9.17) is 9.47 Å². The van der Waals surface area contributed by atoms with E-state index in [1.807, 2.05) is 31.2 Å². The molecule has 138 valence electrons. The number of aliphatic hydroxyl groups is 1. The van der Waals surface area contributed by atoms with Crippen molar-refractivity contribution in [2.75, 3.05) is 18.5 Å². The van der Waals surface area contributed by atoms with Crippen LogP contribution in [0.3, 0.4) is 0 Å². The molecule has 6 heteroatoms. The van der Waals surface area contributed by atoms with Crippen molar-refractivity contribution >= 4 is 5.82 Å². The summed E-state index contributed by atoms with van der Waals surface area (Å²) >= 11 is 0. The maximum Gasteiger partial charge on any atom is 0.142 e. The highest BCUT2D eigenvalue weighted by atomic mass is 16.5. The molecule has 1 aromatic carbocycles. The summed E-state index contributed by atoms with van der Waals surface area (Å²) in [5.41, 5.74) is 3.32. The van der Waals surface area contributed by atoms with Gasteiger partial charge < -0.3 is 19.9 Å². The largest absolute Gasteiger partial charge is 0.486 e. The molecular formula is C20H25N3O3. The summed E-state index contributed by atoms with van der Waals surface area (Å²) in [5.74, 6) is 2.56. The molecule has 4 rings (SSSR count). The van der Waals surface area contributed by atoms with E-state index < -0.39 is 0 Å². The fourth-order valence-corrected chi connectivity index (χ4v) is 3.69. The van der Waals surface area contributed by atoms with Crippen LogP contribution in [-0.4, -0.2) is 40.4 Å². The molecule has 6 nitrogen and oxygen atoms in total. The van der Waals surface area contributed by atoms with Crippen LogP contribution >= 0.6 is 0 Å². The minimum atomic E-state index is -0.0870. The number of nitrogens with one attached hydrogen (secondary N) is 1. The van der Waals surface area contributed by atoms with Crippen molar-refractivity contribution in [3.8, 4) is 5.75 Å². The van der Waals surface area contributed by atoms with Gasteiger partial charge in [-0.1, -0.05) is 12.1 Å². The van der Waals surface area contributed by atoms with Crippen LogP contribution < -0.4 is 10.1 Å². The van der Waals surface area contributed by atoms with Crippen molar-refractivity contribution < 1.29 is 14.6 Å². The van der Waals surface area contributed by atoms with Gasteiger partial charge in [0.25, 0.3) is 0 Å².